The molecule has 0 heterocycles. The second kappa shape index (κ2) is 3.09. The zero-order valence-electron chi connectivity index (χ0n) is 7.61. The first-order valence-electron chi connectivity index (χ1n) is 4.50. The van der Waals surface area contributed by atoms with Gasteiger partial charge in [-0.25, -0.2) is 4.39 Å². The molecule has 1 fully saturated rings. The van der Waals surface area contributed by atoms with Crippen LogP contribution in [0, 0.1) is 12.7 Å². The first-order chi connectivity index (χ1) is 6.18. The number of hydrogen-bond donors (Lipinski definition) is 0. The van der Waals surface area contributed by atoms with Gasteiger partial charge in [-0.1, -0.05) is 28.1 Å². The summed E-state index contributed by atoms with van der Waals surface area (Å²) in [6.45, 7) is 1.82. The summed E-state index contributed by atoms with van der Waals surface area (Å²) in [6, 6.07) is 5.47. The molecule has 1 aliphatic rings. The molecule has 2 heteroatoms. The average molecular weight is 243 g/mol. The van der Waals surface area contributed by atoms with Crippen molar-refractivity contribution in [1.82, 2.24) is 0 Å². The van der Waals surface area contributed by atoms with Crippen LogP contribution >= 0.6 is 15.9 Å². The lowest BCUT2D eigenvalue weighted by molar-refractivity contribution is 0.616. The molecule has 70 valence electrons. The number of rotatable bonds is 2. The molecule has 0 radical (unpaired) electrons. The topological polar surface area (TPSA) is 0 Å². The summed E-state index contributed by atoms with van der Waals surface area (Å²) in [7, 11) is 0. The normalized spacial score (nSPS) is 18.7. The minimum atomic E-state index is -0.103. The Balaban J connectivity index is 2.37. The van der Waals surface area contributed by atoms with Gasteiger partial charge in [-0.2, -0.15) is 0 Å². The fourth-order valence-electron chi connectivity index (χ4n) is 1.62. The highest BCUT2D eigenvalue weighted by atomic mass is 79.9. The Morgan fingerprint density at radius 1 is 1.46 bits per heavy atom. The summed E-state index contributed by atoms with van der Waals surface area (Å²) in [6.07, 6.45) is 2.45. The first-order valence-corrected chi connectivity index (χ1v) is 5.63. The summed E-state index contributed by atoms with van der Waals surface area (Å²) >= 11 is 3.52. The van der Waals surface area contributed by atoms with Gasteiger partial charge in [0.2, 0.25) is 0 Å². The van der Waals surface area contributed by atoms with Crippen LogP contribution in [0.2, 0.25) is 0 Å². The van der Waals surface area contributed by atoms with Crippen molar-refractivity contribution in [2.45, 2.75) is 25.2 Å². The summed E-state index contributed by atoms with van der Waals surface area (Å²) in [5.74, 6) is -0.103. The molecule has 0 saturated heterocycles. The summed E-state index contributed by atoms with van der Waals surface area (Å²) < 4.78 is 13.0. The van der Waals surface area contributed by atoms with E-state index in [1.165, 1.54) is 18.4 Å². The molecule has 0 nitrogen and oxygen atoms in total. The Morgan fingerprint density at radius 2 is 2.15 bits per heavy atom. The fraction of sp³-hybridized carbons (Fsp3) is 0.455. The van der Waals surface area contributed by atoms with Crippen LogP contribution in [0.15, 0.2) is 18.2 Å². The molecule has 0 unspecified atom stereocenters. The van der Waals surface area contributed by atoms with Gasteiger partial charge in [0.15, 0.2) is 0 Å². The zero-order valence-corrected chi connectivity index (χ0v) is 9.20. The van der Waals surface area contributed by atoms with E-state index in [-0.39, 0.29) is 5.82 Å². The maximum atomic E-state index is 13.0. The lowest BCUT2D eigenvalue weighted by Gasteiger charge is -2.12. The first kappa shape index (κ1) is 9.20. The Kier molecular flexibility index (Phi) is 2.18. The van der Waals surface area contributed by atoms with Crippen molar-refractivity contribution in [3.8, 4) is 0 Å². The van der Waals surface area contributed by atoms with Gasteiger partial charge < -0.3 is 0 Å². The number of alkyl halides is 1. The van der Waals surface area contributed by atoms with Gasteiger partial charge in [-0.3, -0.25) is 0 Å². The van der Waals surface area contributed by atoms with Crippen LogP contribution in [0.25, 0.3) is 0 Å². The van der Waals surface area contributed by atoms with Crippen LogP contribution in [0.4, 0.5) is 4.39 Å². The van der Waals surface area contributed by atoms with Gasteiger partial charge in [0.1, 0.15) is 5.82 Å². The molecule has 1 saturated carbocycles. The van der Waals surface area contributed by atoms with Gasteiger partial charge in [0, 0.05) is 10.7 Å². The second-order valence-electron chi connectivity index (χ2n) is 3.88. The van der Waals surface area contributed by atoms with Crippen molar-refractivity contribution in [3.05, 3.63) is 35.1 Å². The number of hydrogen-bond acceptors (Lipinski definition) is 0. The van der Waals surface area contributed by atoms with Crippen molar-refractivity contribution >= 4 is 15.9 Å². The van der Waals surface area contributed by atoms with E-state index >= 15 is 0 Å². The molecule has 0 amide bonds. The molecule has 2 rings (SSSR count). The van der Waals surface area contributed by atoms with E-state index in [4.69, 9.17) is 0 Å². The Hall–Kier alpha value is -0.370. The summed E-state index contributed by atoms with van der Waals surface area (Å²) in [4.78, 5) is 0. The van der Waals surface area contributed by atoms with Crippen molar-refractivity contribution in [2.24, 2.45) is 0 Å². The molecule has 0 aliphatic heterocycles. The van der Waals surface area contributed by atoms with Crippen LogP contribution in [0.3, 0.4) is 0 Å². The molecule has 0 atom stereocenters. The smallest absolute Gasteiger partial charge is 0.126 e. The summed E-state index contributed by atoms with van der Waals surface area (Å²) in [5.41, 5.74) is 2.35. The Bertz CT molecular complexity index is 329. The Labute approximate surface area is 86.3 Å². The molecule has 1 aliphatic carbocycles. The molecular formula is C11H12BrF. The maximum absolute atomic E-state index is 13.0. The van der Waals surface area contributed by atoms with Gasteiger partial charge in [0.25, 0.3) is 0 Å². The molecule has 0 bridgehead atoms. The van der Waals surface area contributed by atoms with Crippen molar-refractivity contribution < 1.29 is 4.39 Å². The van der Waals surface area contributed by atoms with E-state index < -0.39 is 0 Å². The Morgan fingerprint density at radius 3 is 2.62 bits per heavy atom. The van der Waals surface area contributed by atoms with Crippen LogP contribution in [0.1, 0.15) is 24.0 Å². The molecular weight excluding hydrogens is 231 g/mol. The fourth-order valence-corrected chi connectivity index (χ4v) is 2.51. The molecule has 0 N–H and O–H groups in total. The van der Waals surface area contributed by atoms with Gasteiger partial charge in [-0.15, -0.1) is 0 Å². The van der Waals surface area contributed by atoms with E-state index in [0.717, 1.165) is 10.9 Å². The third-order valence-electron chi connectivity index (χ3n) is 2.88. The van der Waals surface area contributed by atoms with Crippen molar-refractivity contribution in [1.29, 1.82) is 0 Å². The van der Waals surface area contributed by atoms with Crippen LogP contribution in [0.5, 0.6) is 0 Å². The standard InChI is InChI=1S/C11H12BrF/c1-8-6-9(2-3-10(8)13)11(7-12)4-5-11/h2-3,6H,4-5,7H2,1H3. The van der Waals surface area contributed by atoms with E-state index in [2.05, 4.69) is 15.9 Å². The molecule has 13 heavy (non-hydrogen) atoms. The third-order valence-corrected chi connectivity index (χ3v) is 3.95. The monoisotopic (exact) mass is 242 g/mol. The zero-order chi connectivity index (χ0) is 9.47. The predicted molar refractivity (Wildman–Crippen MR) is 55.8 cm³/mol. The predicted octanol–water partition coefficient (Wildman–Crippen LogP) is 3.56. The van der Waals surface area contributed by atoms with E-state index in [0.29, 0.717) is 5.41 Å². The highest BCUT2D eigenvalue weighted by Gasteiger charge is 2.43. The van der Waals surface area contributed by atoms with Crippen LogP contribution < -0.4 is 0 Å². The van der Waals surface area contributed by atoms with E-state index in [1.807, 2.05) is 19.1 Å². The molecule has 0 aromatic heterocycles. The van der Waals surface area contributed by atoms with Gasteiger partial charge >= 0.3 is 0 Å². The van der Waals surface area contributed by atoms with Gasteiger partial charge in [0.05, 0.1) is 0 Å². The largest absolute Gasteiger partial charge is 0.207 e. The highest BCUT2D eigenvalue weighted by molar-refractivity contribution is 9.09. The minimum absolute atomic E-state index is 0.103. The quantitative estimate of drug-likeness (QED) is 0.696. The minimum Gasteiger partial charge on any atom is -0.207 e. The highest BCUT2D eigenvalue weighted by Crippen LogP contribution is 2.49. The van der Waals surface area contributed by atoms with Crippen LogP contribution in [-0.4, -0.2) is 5.33 Å². The summed E-state index contributed by atoms with van der Waals surface area (Å²) in [5, 5.41) is 0.991. The average Bonchev–Trinajstić information content (AvgIpc) is 2.90. The number of halogens is 2. The number of benzene rings is 1. The lowest BCUT2D eigenvalue weighted by Crippen LogP contribution is -2.08. The van der Waals surface area contributed by atoms with Gasteiger partial charge in [-0.05, 0) is 37.0 Å². The van der Waals surface area contributed by atoms with Crippen molar-refractivity contribution in [2.75, 3.05) is 5.33 Å². The lowest BCUT2D eigenvalue weighted by atomic mass is 9.97. The molecule has 0 spiro atoms. The molecule has 1 aromatic rings. The van der Waals surface area contributed by atoms with E-state index in [1.54, 1.807) is 6.07 Å². The SMILES string of the molecule is Cc1cc(C2(CBr)CC2)ccc1F. The van der Waals surface area contributed by atoms with Crippen LogP contribution in [-0.2, 0) is 5.41 Å². The van der Waals surface area contributed by atoms with E-state index in [9.17, 15) is 4.39 Å². The second-order valence-corrected chi connectivity index (χ2v) is 4.44. The third kappa shape index (κ3) is 1.52. The number of aryl methyl sites for hydroxylation is 1. The molecule has 1 aromatic carbocycles. The van der Waals surface area contributed by atoms with Crippen molar-refractivity contribution in [3.63, 3.8) is 0 Å². The maximum Gasteiger partial charge on any atom is 0.126 e.